The zero-order valence-electron chi connectivity index (χ0n) is 16.6. The first-order valence-electron chi connectivity index (χ1n) is 10.3. The number of nitrogens with zero attached hydrogens (tertiary/aromatic N) is 1. The first-order chi connectivity index (χ1) is 13.5. The van der Waals surface area contributed by atoms with Gasteiger partial charge in [0.1, 0.15) is 5.75 Å². The normalized spacial score (nSPS) is 12.5. The lowest BCUT2D eigenvalue weighted by Crippen LogP contribution is -2.13. The number of aliphatic carboxylic acids is 1. The van der Waals surface area contributed by atoms with Gasteiger partial charge in [0, 0.05) is 16.7 Å². The molecule has 0 saturated carbocycles. The topological polar surface area (TPSA) is 62.5 Å². The van der Waals surface area contributed by atoms with Crippen LogP contribution < -0.4 is 0 Å². The lowest BCUT2D eigenvalue weighted by Gasteiger charge is -2.18. The number of rotatable bonds is 13. The molecular weight excluding hydrogens is 442 g/mol. The van der Waals surface area contributed by atoms with Crippen molar-refractivity contribution in [3.63, 3.8) is 0 Å². The fraction of sp³-hybridized carbons (Fsp3) is 0.591. The van der Waals surface area contributed by atoms with Crippen LogP contribution in [0.25, 0.3) is 10.9 Å². The second-order valence-corrected chi connectivity index (χ2v) is 8.78. The molecule has 6 heteroatoms. The lowest BCUT2D eigenvalue weighted by molar-refractivity contribution is -0.137. The summed E-state index contributed by atoms with van der Waals surface area (Å²) in [6.07, 6.45) is 13.5. The highest BCUT2D eigenvalue weighted by Gasteiger charge is 2.21. The third kappa shape index (κ3) is 6.41. The number of fused-ring (bicyclic) bond motifs is 1. The summed E-state index contributed by atoms with van der Waals surface area (Å²) in [5.41, 5.74) is 0.771. The minimum Gasteiger partial charge on any atom is -0.506 e. The van der Waals surface area contributed by atoms with E-state index < -0.39 is 5.97 Å². The minimum absolute atomic E-state index is 0.0356. The number of aromatic hydroxyl groups is 1. The number of hydrogen-bond acceptors (Lipinski definition) is 2. The van der Waals surface area contributed by atoms with E-state index in [9.17, 15) is 15.0 Å². The Hall–Kier alpha value is -1.20. The van der Waals surface area contributed by atoms with Crippen LogP contribution in [0.2, 0.25) is 5.02 Å². The zero-order valence-corrected chi connectivity index (χ0v) is 18.9. The highest BCUT2D eigenvalue weighted by molar-refractivity contribution is 9.10. The van der Waals surface area contributed by atoms with Gasteiger partial charge in [-0.3, -0.25) is 4.79 Å². The van der Waals surface area contributed by atoms with E-state index in [0.717, 1.165) is 24.8 Å². The highest BCUT2D eigenvalue weighted by Crippen LogP contribution is 2.40. The molecule has 1 heterocycles. The van der Waals surface area contributed by atoms with E-state index in [-0.39, 0.29) is 18.2 Å². The predicted molar refractivity (Wildman–Crippen MR) is 119 cm³/mol. The molecule has 1 unspecified atom stereocenters. The largest absolute Gasteiger partial charge is 0.506 e. The van der Waals surface area contributed by atoms with E-state index in [4.69, 9.17) is 11.6 Å². The number of benzene rings is 1. The molecule has 0 saturated heterocycles. The monoisotopic (exact) mass is 471 g/mol. The molecule has 28 heavy (non-hydrogen) atoms. The number of aromatic nitrogens is 1. The maximum Gasteiger partial charge on any atom is 0.305 e. The first kappa shape index (κ1) is 23.1. The van der Waals surface area contributed by atoms with Gasteiger partial charge in [0.05, 0.1) is 22.3 Å². The summed E-state index contributed by atoms with van der Waals surface area (Å²) in [6, 6.07) is 3.51. The summed E-state index contributed by atoms with van der Waals surface area (Å²) in [5.74, 6) is -0.741. The van der Waals surface area contributed by atoms with Crippen molar-refractivity contribution in [2.45, 2.75) is 83.6 Å². The Kier molecular flexibility index (Phi) is 9.66. The van der Waals surface area contributed by atoms with E-state index in [2.05, 4.69) is 22.9 Å². The lowest BCUT2D eigenvalue weighted by atomic mass is 10.0. The Labute approximate surface area is 181 Å². The third-order valence-electron chi connectivity index (χ3n) is 5.31. The number of carbonyl (C=O) groups is 1. The summed E-state index contributed by atoms with van der Waals surface area (Å²) < 4.78 is 2.59. The van der Waals surface area contributed by atoms with Crippen LogP contribution >= 0.6 is 27.5 Å². The molecule has 1 atom stereocenters. The Morgan fingerprint density at radius 1 is 1.11 bits per heavy atom. The molecule has 0 aliphatic rings. The highest BCUT2D eigenvalue weighted by atomic mass is 79.9. The number of hydrogen-bond donors (Lipinski definition) is 2. The van der Waals surface area contributed by atoms with Crippen LogP contribution in [0.1, 0.15) is 83.6 Å². The van der Waals surface area contributed by atoms with Crippen LogP contribution in [0, 0.1) is 0 Å². The van der Waals surface area contributed by atoms with Gasteiger partial charge < -0.3 is 14.8 Å². The van der Waals surface area contributed by atoms with E-state index in [1.54, 1.807) is 6.20 Å². The predicted octanol–water partition coefficient (Wildman–Crippen LogP) is 7.70. The Bertz CT molecular complexity index is 775. The molecule has 0 bridgehead atoms. The molecule has 0 fully saturated rings. The van der Waals surface area contributed by atoms with Crippen molar-refractivity contribution in [1.29, 1.82) is 0 Å². The van der Waals surface area contributed by atoms with Crippen molar-refractivity contribution in [1.82, 2.24) is 4.57 Å². The van der Waals surface area contributed by atoms with Crippen molar-refractivity contribution in [2.75, 3.05) is 0 Å². The zero-order chi connectivity index (χ0) is 20.5. The van der Waals surface area contributed by atoms with Crippen molar-refractivity contribution in [2.24, 2.45) is 0 Å². The van der Waals surface area contributed by atoms with E-state index >= 15 is 0 Å². The van der Waals surface area contributed by atoms with Crippen LogP contribution in [0.3, 0.4) is 0 Å². The fourth-order valence-electron chi connectivity index (χ4n) is 3.80. The van der Waals surface area contributed by atoms with Gasteiger partial charge in [-0.05, 0) is 34.5 Å². The molecule has 0 spiro atoms. The summed E-state index contributed by atoms with van der Waals surface area (Å²) in [5, 5.41) is 20.7. The smallest absolute Gasteiger partial charge is 0.305 e. The average molecular weight is 473 g/mol. The molecule has 0 aliphatic heterocycles. The van der Waals surface area contributed by atoms with Crippen molar-refractivity contribution in [3.8, 4) is 5.75 Å². The summed E-state index contributed by atoms with van der Waals surface area (Å²) in [6.45, 7) is 2.23. The number of halogens is 2. The van der Waals surface area contributed by atoms with Crippen LogP contribution in [-0.4, -0.2) is 20.7 Å². The first-order valence-corrected chi connectivity index (χ1v) is 11.5. The number of unbranched alkanes of at least 4 members (excludes halogenated alkanes) is 8. The maximum atomic E-state index is 11.4. The Balaban J connectivity index is 1.96. The summed E-state index contributed by atoms with van der Waals surface area (Å²) in [7, 11) is 0. The van der Waals surface area contributed by atoms with Crippen LogP contribution in [0.15, 0.2) is 22.8 Å². The molecule has 1 aromatic heterocycles. The SMILES string of the molecule is CCCCCCCCCCCC(CC(=O)O)n1cc(O)c2c(Cl)c(Br)ccc21. The van der Waals surface area contributed by atoms with E-state index in [0.29, 0.717) is 14.9 Å². The van der Waals surface area contributed by atoms with Crippen LogP contribution in [0.5, 0.6) is 5.75 Å². The molecule has 1 aromatic carbocycles. The standard InChI is InChI=1S/C22H31BrClNO3/c1-2-3-4-5-6-7-8-9-10-11-16(14-20(27)28)25-15-19(26)21-18(25)13-12-17(23)22(21)24/h12-13,15-16,26H,2-11,14H2,1H3,(H,27,28). The van der Waals surface area contributed by atoms with Gasteiger partial charge in [-0.15, -0.1) is 0 Å². The van der Waals surface area contributed by atoms with Gasteiger partial charge in [0.15, 0.2) is 0 Å². The summed E-state index contributed by atoms with van der Waals surface area (Å²) >= 11 is 9.70. The van der Waals surface area contributed by atoms with Crippen molar-refractivity contribution >= 4 is 44.4 Å². The molecule has 0 radical (unpaired) electrons. The van der Waals surface area contributed by atoms with Gasteiger partial charge in [-0.25, -0.2) is 0 Å². The van der Waals surface area contributed by atoms with Gasteiger partial charge in [-0.1, -0.05) is 76.3 Å². The number of carboxylic acids is 1. The van der Waals surface area contributed by atoms with Gasteiger partial charge in [0.2, 0.25) is 0 Å². The maximum absolute atomic E-state index is 11.4. The molecule has 0 aliphatic carbocycles. The summed E-state index contributed by atoms with van der Waals surface area (Å²) in [4.78, 5) is 11.4. The fourth-order valence-corrected chi connectivity index (χ4v) is 4.39. The molecule has 2 aromatic rings. The molecule has 0 amide bonds. The third-order valence-corrected chi connectivity index (χ3v) is 6.59. The van der Waals surface area contributed by atoms with Crippen molar-refractivity contribution in [3.05, 3.63) is 27.8 Å². The van der Waals surface area contributed by atoms with Gasteiger partial charge >= 0.3 is 5.97 Å². The van der Waals surface area contributed by atoms with Gasteiger partial charge in [0.25, 0.3) is 0 Å². The van der Waals surface area contributed by atoms with E-state index in [1.165, 1.54) is 44.9 Å². The van der Waals surface area contributed by atoms with Crippen LogP contribution in [-0.2, 0) is 4.79 Å². The average Bonchev–Trinajstić information content (AvgIpc) is 2.99. The van der Waals surface area contributed by atoms with Gasteiger partial charge in [-0.2, -0.15) is 0 Å². The molecular formula is C22H31BrClNO3. The minimum atomic E-state index is -0.828. The second kappa shape index (κ2) is 11.7. The van der Waals surface area contributed by atoms with E-state index in [1.807, 2.05) is 16.7 Å². The molecule has 156 valence electrons. The quantitative estimate of drug-likeness (QED) is 0.293. The molecule has 4 nitrogen and oxygen atoms in total. The number of carboxylic acid groups (broad SMARTS) is 1. The second-order valence-electron chi connectivity index (χ2n) is 7.55. The van der Waals surface area contributed by atoms with Crippen LogP contribution in [0.4, 0.5) is 0 Å². The Morgan fingerprint density at radius 2 is 1.71 bits per heavy atom. The Morgan fingerprint density at radius 3 is 2.32 bits per heavy atom. The molecule has 2 N–H and O–H groups in total. The van der Waals surface area contributed by atoms with Crippen molar-refractivity contribution < 1.29 is 15.0 Å². The molecule has 2 rings (SSSR count).